The van der Waals surface area contributed by atoms with Crippen LogP contribution >= 0.6 is 24.8 Å². The van der Waals surface area contributed by atoms with Crippen molar-refractivity contribution >= 4 is 30.6 Å². The molecule has 0 amide bonds. The van der Waals surface area contributed by atoms with E-state index in [9.17, 15) is 9.59 Å². The molecule has 1 fully saturated rings. The van der Waals surface area contributed by atoms with Gasteiger partial charge in [-0.15, -0.1) is 24.8 Å². The highest BCUT2D eigenvalue weighted by molar-refractivity contribution is 5.85. The van der Waals surface area contributed by atoms with Gasteiger partial charge in [-0.3, -0.25) is 13.9 Å². The van der Waals surface area contributed by atoms with E-state index in [1.165, 1.54) is 17.7 Å². The van der Waals surface area contributed by atoms with E-state index in [-0.39, 0.29) is 42.1 Å². The molecule has 0 saturated carbocycles. The first kappa shape index (κ1) is 17.0. The van der Waals surface area contributed by atoms with Crippen molar-refractivity contribution in [1.29, 1.82) is 0 Å². The highest BCUT2D eigenvalue weighted by atomic mass is 35.5. The number of hydrogen-bond acceptors (Lipinski definition) is 4. The Morgan fingerprint density at radius 1 is 1.22 bits per heavy atom. The van der Waals surface area contributed by atoms with Crippen LogP contribution in [-0.2, 0) is 14.1 Å². The Morgan fingerprint density at radius 3 is 2.33 bits per heavy atom. The molecule has 1 aromatic heterocycles. The van der Waals surface area contributed by atoms with Crippen molar-refractivity contribution in [3.63, 3.8) is 0 Å². The quantitative estimate of drug-likeness (QED) is 0.756. The van der Waals surface area contributed by atoms with E-state index in [0.29, 0.717) is 12.4 Å². The molecule has 18 heavy (non-hydrogen) atoms. The molecular weight excluding hydrogens is 279 g/mol. The summed E-state index contributed by atoms with van der Waals surface area (Å²) in [5, 5.41) is 0. The second kappa shape index (κ2) is 6.26. The summed E-state index contributed by atoms with van der Waals surface area (Å²) in [5.74, 6) is 0.654. The van der Waals surface area contributed by atoms with E-state index in [1.54, 1.807) is 7.05 Å². The van der Waals surface area contributed by atoms with E-state index >= 15 is 0 Å². The first-order valence-corrected chi connectivity index (χ1v) is 5.28. The van der Waals surface area contributed by atoms with Crippen LogP contribution in [0.15, 0.2) is 15.7 Å². The molecule has 104 valence electrons. The molecule has 8 heteroatoms. The first-order chi connectivity index (χ1) is 7.50. The predicted octanol–water partition coefficient (Wildman–Crippen LogP) is -0.535. The minimum absolute atomic E-state index is 0. The summed E-state index contributed by atoms with van der Waals surface area (Å²) in [4.78, 5) is 25.2. The zero-order chi connectivity index (χ0) is 11.9. The van der Waals surface area contributed by atoms with Crippen LogP contribution in [0.2, 0.25) is 0 Å². The Bertz CT molecular complexity index is 526. The average Bonchev–Trinajstić information content (AvgIpc) is 2.67. The monoisotopic (exact) mass is 296 g/mol. The van der Waals surface area contributed by atoms with Gasteiger partial charge in [0.25, 0.3) is 5.56 Å². The lowest BCUT2D eigenvalue weighted by Crippen LogP contribution is -2.40. The Labute approximate surface area is 117 Å². The maximum Gasteiger partial charge on any atom is 0.332 e. The molecule has 0 spiro atoms. The minimum Gasteiger partial charge on any atom is -0.356 e. The van der Waals surface area contributed by atoms with Gasteiger partial charge in [0.05, 0.1) is 0 Å². The third-order valence-corrected chi connectivity index (χ3v) is 3.05. The molecule has 1 saturated heterocycles. The van der Waals surface area contributed by atoms with Gasteiger partial charge in [0.2, 0.25) is 0 Å². The number of nitrogens with two attached hydrogens (primary N) is 1. The lowest BCUT2D eigenvalue weighted by Gasteiger charge is -2.20. The summed E-state index contributed by atoms with van der Waals surface area (Å²) in [7, 11) is 3.14. The fourth-order valence-corrected chi connectivity index (χ4v) is 2.02. The van der Waals surface area contributed by atoms with E-state index in [4.69, 9.17) is 5.73 Å². The molecule has 0 bridgehead atoms. The molecule has 1 aliphatic rings. The number of anilines is 1. The second-order valence-corrected chi connectivity index (χ2v) is 4.24. The van der Waals surface area contributed by atoms with Crippen molar-refractivity contribution in [3.05, 3.63) is 26.9 Å². The van der Waals surface area contributed by atoms with Crippen LogP contribution in [0.3, 0.4) is 0 Å². The van der Waals surface area contributed by atoms with Crippen LogP contribution in [-0.4, -0.2) is 28.3 Å². The molecule has 1 aromatic rings. The maximum absolute atomic E-state index is 11.7. The standard InChI is InChI=1S/C10H16N4O2.2ClH/c1-12-8(14-4-3-7(11)6-14)5-9(15)13(2)10(12)16;;/h5,7H,3-4,6,11H2,1-2H3;2*1H/t7-;;/m0../s1. The predicted molar refractivity (Wildman–Crippen MR) is 76.2 cm³/mol. The normalized spacial score (nSPS) is 18.2. The van der Waals surface area contributed by atoms with Crippen LogP contribution in [0.1, 0.15) is 6.42 Å². The van der Waals surface area contributed by atoms with E-state index in [2.05, 4.69) is 0 Å². The van der Waals surface area contributed by atoms with E-state index in [0.717, 1.165) is 17.5 Å². The van der Waals surface area contributed by atoms with Crippen molar-refractivity contribution in [3.8, 4) is 0 Å². The molecule has 2 rings (SSSR count). The van der Waals surface area contributed by atoms with Crippen molar-refractivity contribution in [2.24, 2.45) is 19.8 Å². The summed E-state index contributed by atoms with van der Waals surface area (Å²) in [6.07, 6.45) is 0.892. The minimum atomic E-state index is -0.303. The number of nitrogens with zero attached hydrogens (tertiary/aromatic N) is 3. The fraction of sp³-hybridized carbons (Fsp3) is 0.600. The summed E-state index contributed by atoms with van der Waals surface area (Å²) in [6, 6.07) is 1.61. The third-order valence-electron chi connectivity index (χ3n) is 3.05. The molecule has 0 radical (unpaired) electrons. The summed E-state index contributed by atoms with van der Waals surface area (Å²) >= 11 is 0. The number of aromatic nitrogens is 2. The van der Waals surface area contributed by atoms with Crippen LogP contribution in [0, 0.1) is 0 Å². The van der Waals surface area contributed by atoms with Gasteiger partial charge in [0, 0.05) is 39.3 Å². The van der Waals surface area contributed by atoms with Gasteiger partial charge in [-0.2, -0.15) is 0 Å². The number of halogens is 2. The number of hydrogen-bond donors (Lipinski definition) is 1. The molecule has 1 aliphatic heterocycles. The molecule has 0 unspecified atom stereocenters. The molecule has 0 aromatic carbocycles. The summed E-state index contributed by atoms with van der Waals surface area (Å²) < 4.78 is 2.58. The van der Waals surface area contributed by atoms with Crippen LogP contribution < -0.4 is 21.9 Å². The Hall–Kier alpha value is -0.980. The topological polar surface area (TPSA) is 73.3 Å². The zero-order valence-electron chi connectivity index (χ0n) is 10.3. The van der Waals surface area contributed by atoms with Crippen molar-refractivity contribution in [1.82, 2.24) is 9.13 Å². The Balaban J connectivity index is 0.00000144. The molecule has 0 aliphatic carbocycles. The van der Waals surface area contributed by atoms with Gasteiger partial charge >= 0.3 is 5.69 Å². The molecule has 2 heterocycles. The Morgan fingerprint density at radius 2 is 1.83 bits per heavy atom. The van der Waals surface area contributed by atoms with Crippen LogP contribution in [0.25, 0.3) is 0 Å². The van der Waals surface area contributed by atoms with Crippen LogP contribution in [0.5, 0.6) is 0 Å². The first-order valence-electron chi connectivity index (χ1n) is 5.28. The van der Waals surface area contributed by atoms with Gasteiger partial charge in [-0.05, 0) is 6.42 Å². The van der Waals surface area contributed by atoms with Crippen molar-refractivity contribution < 1.29 is 0 Å². The van der Waals surface area contributed by atoms with Gasteiger partial charge in [-0.25, -0.2) is 4.79 Å². The van der Waals surface area contributed by atoms with Gasteiger partial charge in [-0.1, -0.05) is 0 Å². The lowest BCUT2D eigenvalue weighted by molar-refractivity contribution is 0.671. The zero-order valence-corrected chi connectivity index (χ0v) is 12.0. The van der Waals surface area contributed by atoms with Gasteiger partial charge in [0.15, 0.2) is 0 Å². The van der Waals surface area contributed by atoms with Gasteiger partial charge < -0.3 is 10.6 Å². The maximum atomic E-state index is 11.7. The average molecular weight is 297 g/mol. The number of rotatable bonds is 1. The largest absolute Gasteiger partial charge is 0.356 e. The third kappa shape index (κ3) is 2.88. The molecule has 1 atom stereocenters. The second-order valence-electron chi connectivity index (χ2n) is 4.24. The Kier molecular flexibility index (Phi) is 5.92. The van der Waals surface area contributed by atoms with Crippen molar-refractivity contribution in [2.75, 3.05) is 18.0 Å². The highest BCUT2D eigenvalue weighted by Crippen LogP contribution is 2.15. The van der Waals surface area contributed by atoms with Gasteiger partial charge in [0.1, 0.15) is 5.82 Å². The smallest absolute Gasteiger partial charge is 0.332 e. The summed E-state index contributed by atoms with van der Waals surface area (Å²) in [5.41, 5.74) is 5.22. The molecule has 6 nitrogen and oxygen atoms in total. The lowest BCUT2D eigenvalue weighted by atomic mass is 10.3. The molecule has 2 N–H and O–H groups in total. The molecular formula is C10H18Cl2N4O2. The SMILES string of the molecule is Cl.Cl.Cn1c(N2CC[C@H](N)C2)cc(=O)n(C)c1=O. The van der Waals surface area contributed by atoms with Crippen LogP contribution in [0.4, 0.5) is 5.82 Å². The fourth-order valence-electron chi connectivity index (χ4n) is 2.02. The van der Waals surface area contributed by atoms with E-state index in [1.807, 2.05) is 4.90 Å². The van der Waals surface area contributed by atoms with E-state index < -0.39 is 0 Å². The highest BCUT2D eigenvalue weighted by Gasteiger charge is 2.22. The summed E-state index contributed by atoms with van der Waals surface area (Å²) in [6.45, 7) is 1.49. The van der Waals surface area contributed by atoms with Crippen molar-refractivity contribution in [2.45, 2.75) is 12.5 Å².